The summed E-state index contributed by atoms with van der Waals surface area (Å²) in [5.41, 5.74) is 8.65. The van der Waals surface area contributed by atoms with Crippen LogP contribution in [0.4, 0.5) is 0 Å². The molecule has 1 aliphatic heterocycles. The number of fused-ring (bicyclic) bond motifs is 1. The van der Waals surface area contributed by atoms with Crippen LogP contribution < -0.4 is 5.73 Å². The van der Waals surface area contributed by atoms with Crippen LogP contribution in [0.3, 0.4) is 0 Å². The highest BCUT2D eigenvalue weighted by Gasteiger charge is 2.51. The van der Waals surface area contributed by atoms with Crippen LogP contribution in [0.25, 0.3) is 10.9 Å². The third-order valence-corrected chi connectivity index (χ3v) is 9.97. The van der Waals surface area contributed by atoms with Crippen molar-refractivity contribution in [3.63, 3.8) is 0 Å². The molecule has 1 aromatic heterocycles. The maximum Gasteiger partial charge on any atom is 0.254 e. The van der Waals surface area contributed by atoms with Crippen LogP contribution in [0.15, 0.2) is 85.1 Å². The Morgan fingerprint density at radius 3 is 2.32 bits per heavy atom. The van der Waals surface area contributed by atoms with E-state index in [0.29, 0.717) is 41.0 Å². The number of amides is 2. The molecule has 2 heterocycles. The molecule has 228 valence electrons. The van der Waals surface area contributed by atoms with Gasteiger partial charge in [0.15, 0.2) is 0 Å². The van der Waals surface area contributed by atoms with Crippen molar-refractivity contribution < 1.29 is 9.59 Å². The number of nitrogens with two attached hydrogens (primary N) is 1. The zero-order chi connectivity index (χ0) is 30.7. The van der Waals surface area contributed by atoms with Crippen molar-refractivity contribution in [2.75, 3.05) is 6.54 Å². The summed E-state index contributed by atoms with van der Waals surface area (Å²) >= 11 is 12.6. The summed E-state index contributed by atoms with van der Waals surface area (Å²) in [6, 6.07) is 25.5. The Morgan fingerprint density at radius 1 is 0.886 bits per heavy atom. The number of aromatic nitrogens is 1. The number of primary amides is 1. The van der Waals surface area contributed by atoms with Gasteiger partial charge in [-0.05, 0) is 67.1 Å². The number of carbonyl (C=O) groups is 2. The predicted octanol–water partition coefficient (Wildman–Crippen LogP) is 7.45. The van der Waals surface area contributed by atoms with E-state index in [0.717, 1.165) is 42.3 Å². The predicted molar refractivity (Wildman–Crippen MR) is 177 cm³/mol. The molecule has 0 bridgehead atoms. The molecule has 1 saturated heterocycles. The van der Waals surface area contributed by atoms with E-state index in [1.54, 1.807) is 23.1 Å². The van der Waals surface area contributed by atoms with E-state index < -0.39 is 11.4 Å². The fourth-order valence-electron chi connectivity index (χ4n) is 7.39. The quantitative estimate of drug-likeness (QED) is 0.220. The van der Waals surface area contributed by atoms with Crippen LogP contribution in [-0.4, -0.2) is 50.8 Å². The van der Waals surface area contributed by atoms with Crippen LogP contribution in [0, 0.1) is 0 Å². The highest BCUT2D eigenvalue weighted by Crippen LogP contribution is 2.39. The number of halogens is 2. The molecule has 3 aromatic carbocycles. The Morgan fingerprint density at radius 2 is 1.59 bits per heavy atom. The number of rotatable bonds is 8. The van der Waals surface area contributed by atoms with Gasteiger partial charge in [-0.25, -0.2) is 0 Å². The van der Waals surface area contributed by atoms with Gasteiger partial charge in [0.25, 0.3) is 5.91 Å². The lowest BCUT2D eigenvalue weighted by atomic mass is 9.76. The second-order valence-electron chi connectivity index (χ2n) is 12.3. The lowest BCUT2D eigenvalue weighted by Crippen LogP contribution is -2.67. The standard InChI is InChI=1S/C36H38Cl2N4O2/c37-28-19-27(20-29(38)21-28)34(43)42-18-16-31(23-36(42,35(39)44)22-25-9-3-1-4-10-25)41(30-11-5-2-6-12-30)24-26-15-17-40-33-14-8-7-13-32(26)33/h1,3-4,7-10,13-15,17,19-21,30-31H,2,5-6,11-12,16,18,22-24H2,(H2,39,44)/t31-,36+/m0/s1. The Balaban J connectivity index is 1.41. The molecule has 2 atom stereocenters. The first-order valence-electron chi connectivity index (χ1n) is 15.5. The first kappa shape index (κ1) is 30.6. The minimum atomic E-state index is -1.23. The monoisotopic (exact) mass is 628 g/mol. The number of hydrogen-bond donors (Lipinski definition) is 1. The molecule has 2 N–H and O–H groups in total. The summed E-state index contributed by atoms with van der Waals surface area (Å²) in [6.07, 6.45) is 9.24. The van der Waals surface area contributed by atoms with Crippen LogP contribution in [0.2, 0.25) is 10.0 Å². The minimum absolute atomic E-state index is 0.0493. The number of piperidine rings is 1. The van der Waals surface area contributed by atoms with Crippen LogP contribution >= 0.6 is 23.2 Å². The van der Waals surface area contributed by atoms with Crippen molar-refractivity contribution in [1.82, 2.24) is 14.8 Å². The fourth-order valence-corrected chi connectivity index (χ4v) is 7.91. The van der Waals surface area contributed by atoms with Gasteiger partial charge in [-0.3, -0.25) is 19.5 Å². The molecule has 0 unspecified atom stereocenters. The van der Waals surface area contributed by atoms with Gasteiger partial charge in [-0.2, -0.15) is 0 Å². The number of carbonyl (C=O) groups excluding carboxylic acids is 2. The van der Waals surface area contributed by atoms with Gasteiger partial charge in [-0.15, -0.1) is 0 Å². The minimum Gasteiger partial charge on any atom is -0.368 e. The second-order valence-corrected chi connectivity index (χ2v) is 13.1. The Labute approximate surface area is 269 Å². The van der Waals surface area contributed by atoms with Gasteiger partial charge in [0.1, 0.15) is 5.54 Å². The van der Waals surface area contributed by atoms with E-state index in [1.165, 1.54) is 24.8 Å². The van der Waals surface area contributed by atoms with E-state index in [9.17, 15) is 9.59 Å². The van der Waals surface area contributed by atoms with Crippen molar-refractivity contribution in [3.05, 3.63) is 112 Å². The van der Waals surface area contributed by atoms with Gasteiger partial charge in [0.05, 0.1) is 5.52 Å². The zero-order valence-corrected chi connectivity index (χ0v) is 26.3. The van der Waals surface area contributed by atoms with Gasteiger partial charge in [-0.1, -0.05) is 91.0 Å². The highest BCUT2D eigenvalue weighted by molar-refractivity contribution is 6.35. The zero-order valence-electron chi connectivity index (χ0n) is 24.8. The SMILES string of the molecule is NC(=O)[C@@]1(Cc2ccccc2)C[C@@H](N(Cc2ccnc3ccccc23)C2CCCCC2)CCN1C(=O)c1cc(Cl)cc(Cl)c1. The Hall–Kier alpha value is -3.45. The largest absolute Gasteiger partial charge is 0.368 e. The average Bonchev–Trinajstić information content (AvgIpc) is 3.03. The van der Waals surface area contributed by atoms with E-state index in [4.69, 9.17) is 28.9 Å². The third-order valence-electron chi connectivity index (χ3n) is 9.53. The summed E-state index contributed by atoms with van der Waals surface area (Å²) < 4.78 is 0. The molecule has 6 nitrogen and oxygen atoms in total. The molecule has 2 fully saturated rings. The Kier molecular flexibility index (Phi) is 9.22. The molecule has 0 spiro atoms. The maximum absolute atomic E-state index is 14.2. The number of pyridine rings is 1. The Bertz CT molecular complexity index is 1620. The summed E-state index contributed by atoms with van der Waals surface area (Å²) in [5, 5.41) is 1.89. The van der Waals surface area contributed by atoms with Crippen molar-refractivity contribution in [2.45, 2.75) is 75.5 Å². The van der Waals surface area contributed by atoms with Crippen molar-refractivity contribution in [2.24, 2.45) is 5.73 Å². The average molecular weight is 630 g/mol. The van der Waals surface area contributed by atoms with Gasteiger partial charge in [0.2, 0.25) is 5.91 Å². The summed E-state index contributed by atoms with van der Waals surface area (Å²) in [6.45, 7) is 1.14. The van der Waals surface area contributed by atoms with Crippen molar-refractivity contribution in [3.8, 4) is 0 Å². The molecule has 44 heavy (non-hydrogen) atoms. The number of para-hydroxylation sites is 1. The highest BCUT2D eigenvalue weighted by atomic mass is 35.5. The topological polar surface area (TPSA) is 79.5 Å². The molecule has 1 aliphatic carbocycles. The van der Waals surface area contributed by atoms with E-state index in [2.05, 4.69) is 28.1 Å². The summed E-state index contributed by atoms with van der Waals surface area (Å²) in [4.78, 5) is 36.9. The molecule has 4 aromatic rings. The van der Waals surface area contributed by atoms with Gasteiger partial charge in [0, 0.05) is 58.8 Å². The molecular formula is C36H38Cl2N4O2. The number of nitrogens with zero attached hydrogens (tertiary/aromatic N) is 3. The molecule has 6 rings (SSSR count). The molecular weight excluding hydrogens is 591 g/mol. The number of benzene rings is 3. The van der Waals surface area contributed by atoms with Gasteiger partial charge >= 0.3 is 0 Å². The van der Waals surface area contributed by atoms with E-state index in [1.807, 2.05) is 48.7 Å². The smallest absolute Gasteiger partial charge is 0.254 e. The normalized spacial score (nSPS) is 21.1. The van der Waals surface area contributed by atoms with Crippen LogP contribution in [0.1, 0.15) is 66.4 Å². The first-order valence-corrected chi connectivity index (χ1v) is 16.3. The van der Waals surface area contributed by atoms with Gasteiger partial charge < -0.3 is 10.6 Å². The van der Waals surface area contributed by atoms with Crippen LogP contribution in [-0.2, 0) is 17.8 Å². The summed E-state index contributed by atoms with van der Waals surface area (Å²) in [7, 11) is 0. The third kappa shape index (κ3) is 6.35. The number of likely N-dealkylation sites (tertiary alicyclic amines) is 1. The van der Waals surface area contributed by atoms with Crippen molar-refractivity contribution in [1.29, 1.82) is 0 Å². The number of hydrogen-bond acceptors (Lipinski definition) is 4. The lowest BCUT2D eigenvalue weighted by Gasteiger charge is -2.52. The molecule has 2 aliphatic rings. The van der Waals surface area contributed by atoms with Crippen molar-refractivity contribution >= 4 is 45.9 Å². The molecule has 8 heteroatoms. The van der Waals surface area contributed by atoms with E-state index in [-0.39, 0.29) is 11.9 Å². The fraction of sp³-hybridized carbons (Fsp3) is 0.361. The summed E-state index contributed by atoms with van der Waals surface area (Å²) in [5.74, 6) is -0.780. The van der Waals surface area contributed by atoms with E-state index >= 15 is 0 Å². The first-order chi connectivity index (χ1) is 21.3. The molecule has 1 saturated carbocycles. The second kappa shape index (κ2) is 13.3. The maximum atomic E-state index is 14.2. The lowest BCUT2D eigenvalue weighted by molar-refractivity contribution is -0.133. The van der Waals surface area contributed by atoms with Crippen LogP contribution in [0.5, 0.6) is 0 Å². The molecule has 0 radical (unpaired) electrons. The molecule has 2 amide bonds.